The lowest BCUT2D eigenvalue weighted by Gasteiger charge is -2.34. The lowest BCUT2D eigenvalue weighted by Crippen LogP contribution is -2.46. The molecule has 2 rings (SSSR count). The monoisotopic (exact) mass is 254 g/mol. The third kappa shape index (κ3) is 3.02. The van der Waals surface area contributed by atoms with E-state index < -0.39 is 5.97 Å². The summed E-state index contributed by atoms with van der Waals surface area (Å²) >= 11 is 0. The van der Waals surface area contributed by atoms with Crippen LogP contribution >= 0.6 is 0 Å². The average Bonchev–Trinajstić information content (AvgIpc) is 2.78. The Morgan fingerprint density at radius 3 is 2.61 bits per heavy atom. The fraction of sp³-hybridized carbons (Fsp3) is 0.846. The maximum Gasteiger partial charge on any atom is 0.307 e. The molecular formula is C13H22N2O3. The molecule has 5 nitrogen and oxygen atoms in total. The Morgan fingerprint density at radius 1 is 1.22 bits per heavy atom. The molecule has 2 saturated heterocycles. The molecule has 18 heavy (non-hydrogen) atoms. The summed E-state index contributed by atoms with van der Waals surface area (Å²) in [6.45, 7) is 4.58. The van der Waals surface area contributed by atoms with E-state index >= 15 is 0 Å². The van der Waals surface area contributed by atoms with E-state index in [4.69, 9.17) is 5.11 Å². The van der Waals surface area contributed by atoms with Gasteiger partial charge in [0.2, 0.25) is 5.91 Å². The lowest BCUT2D eigenvalue weighted by atomic mass is 10.0. The first kappa shape index (κ1) is 13.3. The summed E-state index contributed by atoms with van der Waals surface area (Å²) in [6.07, 6.45) is 4.05. The van der Waals surface area contributed by atoms with Gasteiger partial charge in [0.25, 0.3) is 0 Å². The molecule has 102 valence electrons. The maximum absolute atomic E-state index is 12.2. The number of hydrogen-bond acceptors (Lipinski definition) is 3. The van der Waals surface area contributed by atoms with Gasteiger partial charge < -0.3 is 10.0 Å². The highest BCUT2D eigenvalue weighted by Crippen LogP contribution is 2.19. The van der Waals surface area contributed by atoms with Crippen molar-refractivity contribution in [1.29, 1.82) is 0 Å². The van der Waals surface area contributed by atoms with E-state index in [1.54, 1.807) is 0 Å². The molecule has 0 spiro atoms. The highest BCUT2D eigenvalue weighted by atomic mass is 16.4. The number of hydrogen-bond donors (Lipinski definition) is 1. The standard InChI is InChI=1S/C13H22N2O3/c1-10-4-2-3-6-15(10)12(16)9-14-7-5-11(8-14)13(17)18/h10-11H,2-9H2,1H3,(H,17,18). The van der Waals surface area contributed by atoms with Crippen LogP contribution in [0.15, 0.2) is 0 Å². The summed E-state index contributed by atoms with van der Waals surface area (Å²) < 4.78 is 0. The first-order valence-corrected chi connectivity index (χ1v) is 6.82. The first-order valence-electron chi connectivity index (χ1n) is 6.82. The van der Waals surface area contributed by atoms with Crippen molar-refractivity contribution >= 4 is 11.9 Å². The van der Waals surface area contributed by atoms with Crippen molar-refractivity contribution in [1.82, 2.24) is 9.80 Å². The summed E-state index contributed by atoms with van der Waals surface area (Å²) in [5, 5.41) is 8.93. The molecule has 2 aliphatic rings. The van der Waals surface area contributed by atoms with E-state index in [-0.39, 0.29) is 11.8 Å². The van der Waals surface area contributed by atoms with Crippen LogP contribution in [0, 0.1) is 5.92 Å². The van der Waals surface area contributed by atoms with E-state index in [1.807, 2.05) is 9.80 Å². The normalized spacial score (nSPS) is 29.5. The molecule has 2 heterocycles. The van der Waals surface area contributed by atoms with Crippen LogP contribution in [0.4, 0.5) is 0 Å². The highest BCUT2D eigenvalue weighted by molar-refractivity contribution is 5.79. The molecule has 2 fully saturated rings. The summed E-state index contributed by atoms with van der Waals surface area (Å²) in [4.78, 5) is 27.0. The van der Waals surface area contributed by atoms with Crippen molar-refractivity contribution in [3.8, 4) is 0 Å². The number of rotatable bonds is 3. The molecule has 2 unspecified atom stereocenters. The minimum absolute atomic E-state index is 0.160. The molecule has 0 bridgehead atoms. The van der Waals surface area contributed by atoms with Crippen LogP contribution in [0.2, 0.25) is 0 Å². The molecule has 1 amide bonds. The summed E-state index contributed by atoms with van der Waals surface area (Å²) in [5.41, 5.74) is 0. The van der Waals surface area contributed by atoms with Gasteiger partial charge in [-0.05, 0) is 39.2 Å². The number of nitrogens with zero attached hydrogens (tertiary/aromatic N) is 2. The van der Waals surface area contributed by atoms with Crippen LogP contribution in [0.1, 0.15) is 32.6 Å². The zero-order chi connectivity index (χ0) is 13.1. The number of carbonyl (C=O) groups is 2. The van der Waals surface area contributed by atoms with E-state index in [9.17, 15) is 9.59 Å². The second kappa shape index (κ2) is 5.69. The third-order valence-corrected chi connectivity index (χ3v) is 4.10. The molecule has 0 aromatic rings. The summed E-state index contributed by atoms with van der Waals surface area (Å²) in [7, 11) is 0. The van der Waals surface area contributed by atoms with Gasteiger partial charge in [-0.3, -0.25) is 14.5 Å². The van der Waals surface area contributed by atoms with Gasteiger partial charge in [-0.15, -0.1) is 0 Å². The van der Waals surface area contributed by atoms with Crippen molar-refractivity contribution in [2.24, 2.45) is 5.92 Å². The predicted octanol–water partition coefficient (Wildman–Crippen LogP) is 0.794. The SMILES string of the molecule is CC1CCCCN1C(=O)CN1CCC(C(=O)O)C1. The molecule has 2 atom stereocenters. The maximum atomic E-state index is 12.2. The van der Waals surface area contributed by atoms with Crippen LogP contribution in [0.25, 0.3) is 0 Å². The molecule has 0 saturated carbocycles. The Balaban J connectivity index is 1.82. The minimum Gasteiger partial charge on any atom is -0.481 e. The number of likely N-dealkylation sites (tertiary alicyclic amines) is 2. The lowest BCUT2D eigenvalue weighted by molar-refractivity contribution is -0.142. The molecule has 2 aliphatic heterocycles. The minimum atomic E-state index is -0.740. The number of piperidine rings is 1. The highest BCUT2D eigenvalue weighted by Gasteiger charge is 2.31. The number of carbonyl (C=O) groups excluding carboxylic acids is 1. The average molecular weight is 254 g/mol. The molecule has 0 aliphatic carbocycles. The Labute approximate surface area is 108 Å². The summed E-state index contributed by atoms with van der Waals surface area (Å²) in [5.74, 6) is -0.874. The smallest absolute Gasteiger partial charge is 0.307 e. The van der Waals surface area contributed by atoms with Crippen LogP contribution < -0.4 is 0 Å². The largest absolute Gasteiger partial charge is 0.481 e. The van der Waals surface area contributed by atoms with Crippen LogP contribution in [0.3, 0.4) is 0 Å². The van der Waals surface area contributed by atoms with Crippen molar-refractivity contribution in [3.63, 3.8) is 0 Å². The second-order valence-corrected chi connectivity index (χ2v) is 5.49. The molecule has 0 aromatic heterocycles. The molecular weight excluding hydrogens is 232 g/mol. The Bertz CT molecular complexity index is 332. The quantitative estimate of drug-likeness (QED) is 0.809. The van der Waals surface area contributed by atoms with Gasteiger partial charge in [0, 0.05) is 19.1 Å². The van der Waals surface area contributed by atoms with Gasteiger partial charge in [-0.1, -0.05) is 0 Å². The van der Waals surface area contributed by atoms with Gasteiger partial charge in [0.15, 0.2) is 0 Å². The molecule has 0 aromatic carbocycles. The zero-order valence-corrected chi connectivity index (χ0v) is 11.0. The molecule has 1 N–H and O–H groups in total. The number of aliphatic carboxylic acids is 1. The van der Waals surface area contributed by atoms with Gasteiger partial charge in [-0.2, -0.15) is 0 Å². The number of carboxylic acids is 1. The van der Waals surface area contributed by atoms with Crippen molar-refractivity contribution in [2.75, 3.05) is 26.2 Å². The number of carboxylic acid groups (broad SMARTS) is 1. The van der Waals surface area contributed by atoms with E-state index in [0.717, 1.165) is 25.9 Å². The fourth-order valence-electron chi connectivity index (χ4n) is 2.93. The van der Waals surface area contributed by atoms with Crippen LogP contribution in [-0.4, -0.2) is 59.0 Å². The van der Waals surface area contributed by atoms with Crippen LogP contribution in [0.5, 0.6) is 0 Å². The first-order chi connectivity index (χ1) is 8.58. The molecule has 5 heteroatoms. The van der Waals surface area contributed by atoms with E-state index in [2.05, 4.69) is 6.92 Å². The topological polar surface area (TPSA) is 60.9 Å². The predicted molar refractivity (Wildman–Crippen MR) is 67.2 cm³/mol. The third-order valence-electron chi connectivity index (χ3n) is 4.10. The van der Waals surface area contributed by atoms with Gasteiger partial charge in [0.1, 0.15) is 0 Å². The van der Waals surface area contributed by atoms with Gasteiger partial charge >= 0.3 is 5.97 Å². The fourth-order valence-corrected chi connectivity index (χ4v) is 2.93. The Hall–Kier alpha value is -1.10. The van der Waals surface area contributed by atoms with Crippen molar-refractivity contribution in [2.45, 2.75) is 38.6 Å². The zero-order valence-electron chi connectivity index (χ0n) is 11.0. The van der Waals surface area contributed by atoms with Gasteiger partial charge in [0.05, 0.1) is 12.5 Å². The second-order valence-electron chi connectivity index (χ2n) is 5.49. The molecule has 0 radical (unpaired) electrons. The van der Waals surface area contributed by atoms with Gasteiger partial charge in [-0.25, -0.2) is 0 Å². The van der Waals surface area contributed by atoms with Crippen molar-refractivity contribution in [3.05, 3.63) is 0 Å². The van der Waals surface area contributed by atoms with Crippen molar-refractivity contribution < 1.29 is 14.7 Å². The Kier molecular flexibility index (Phi) is 4.22. The summed E-state index contributed by atoms with van der Waals surface area (Å²) in [6, 6.07) is 0.337. The number of amides is 1. The van der Waals surface area contributed by atoms with E-state index in [1.165, 1.54) is 6.42 Å². The van der Waals surface area contributed by atoms with Crippen LogP contribution in [-0.2, 0) is 9.59 Å². The Morgan fingerprint density at radius 2 is 2.00 bits per heavy atom. The van der Waals surface area contributed by atoms with E-state index in [0.29, 0.717) is 25.6 Å².